The van der Waals surface area contributed by atoms with Gasteiger partial charge in [-0.3, -0.25) is 11.1 Å². The molecule has 0 radical (unpaired) electrons. The first-order valence-electron chi connectivity index (χ1n) is 17.0. The van der Waals surface area contributed by atoms with E-state index in [9.17, 15) is 5.21 Å². The van der Waals surface area contributed by atoms with Gasteiger partial charge in [0.2, 0.25) is 16.4 Å². The first-order chi connectivity index (χ1) is 29.2. The van der Waals surface area contributed by atoms with E-state index in [1.807, 2.05) is 27.7 Å². The first-order valence-corrected chi connectivity index (χ1v) is 17.0. The molecule has 1 saturated heterocycles. The zero-order chi connectivity index (χ0) is 43.4. The van der Waals surface area contributed by atoms with Gasteiger partial charge in [-0.05, 0) is 153 Å². The Balaban J connectivity index is -0.000000121. The second-order valence-corrected chi connectivity index (χ2v) is 11.1. The Bertz CT molecular complexity index is 2850. The van der Waals surface area contributed by atoms with Crippen LogP contribution in [-0.2, 0) is 9.73 Å². The van der Waals surface area contributed by atoms with Crippen LogP contribution in [0.2, 0.25) is 0 Å². The smallest absolute Gasteiger partial charge is 0.226 e. The molecule has 1 aliphatic rings. The first kappa shape index (κ1) is 45.0. The lowest BCUT2D eigenvalue weighted by atomic mass is 9.96. The number of benzene rings is 1. The molecule has 1 fully saturated rings. The number of nitrogens with one attached hydrogen (secondary N) is 2. The van der Waals surface area contributed by atoms with Gasteiger partial charge in [0, 0.05) is 75.3 Å². The Morgan fingerprint density at radius 2 is 1.27 bits per heavy atom. The van der Waals surface area contributed by atoms with Crippen LogP contribution in [0.1, 0.15) is 51.4 Å². The molecule has 5 rings (SSSR count). The van der Waals surface area contributed by atoms with E-state index in [1.54, 1.807) is 0 Å². The van der Waals surface area contributed by atoms with Crippen LogP contribution in [0.5, 0.6) is 0 Å². The molecule has 0 amide bonds. The topological polar surface area (TPSA) is 221 Å². The maximum absolute atomic E-state index is 9.64. The van der Waals surface area contributed by atoms with Crippen LogP contribution in [0, 0.1) is 164 Å². The van der Waals surface area contributed by atoms with Gasteiger partial charge in [-0.25, -0.2) is 4.98 Å². The number of hydrogen-bond acceptors (Lipinski definition) is 11. The molecule has 16 nitrogen and oxygen atoms in total. The predicted molar refractivity (Wildman–Crippen MR) is 243 cm³/mol. The second-order valence-electron chi connectivity index (χ2n) is 11.1. The average Bonchev–Trinajstić information content (AvgIpc) is 3.93. The minimum atomic E-state index is -0.573. The van der Waals surface area contributed by atoms with Gasteiger partial charge in [-0.2, -0.15) is 0 Å². The normalized spacial score (nSPS) is 10.6. The molecule has 16 heteroatoms. The van der Waals surface area contributed by atoms with Crippen LogP contribution in [-0.4, -0.2) is 49.8 Å². The molecule has 0 spiro atoms. The molecule has 314 valence electrons. The Hall–Kier alpha value is -9.41. The average molecular weight is 817 g/mol. The third kappa shape index (κ3) is 15.0. The zero-order valence-corrected chi connectivity index (χ0v) is 32.4. The molecule has 0 aliphatic carbocycles. The molecule has 1 aromatic carbocycles. The quantitative estimate of drug-likeness (QED) is 0.0498. The van der Waals surface area contributed by atoms with Crippen molar-refractivity contribution in [3.05, 3.63) is 40.2 Å². The molecule has 4 heterocycles. The summed E-state index contributed by atoms with van der Waals surface area (Å²) in [5.74, 6) is 54.9. The molecule has 0 unspecified atom stereocenters. The number of nitrogens with two attached hydrogens (primary N) is 1. The molecule has 1 aliphatic heterocycles. The minimum Gasteiger partial charge on any atom is -0.381 e. The molecule has 0 saturated carbocycles. The number of rotatable bonds is 6. The van der Waals surface area contributed by atoms with Crippen molar-refractivity contribution in [2.75, 3.05) is 18.5 Å². The van der Waals surface area contributed by atoms with Crippen LogP contribution < -0.4 is 11.2 Å². The van der Waals surface area contributed by atoms with Gasteiger partial charge in [-0.1, -0.05) is 10.3 Å². The number of aromatic nitrogens is 4. The van der Waals surface area contributed by atoms with Crippen molar-refractivity contribution in [3.8, 4) is 154 Å². The van der Waals surface area contributed by atoms with E-state index in [1.165, 1.54) is 0 Å². The van der Waals surface area contributed by atoms with Crippen LogP contribution in [0.15, 0.2) is 36.8 Å². The summed E-state index contributed by atoms with van der Waals surface area (Å²) in [7, 11) is 0. The van der Waals surface area contributed by atoms with Crippen molar-refractivity contribution in [2.24, 2.45) is 21.5 Å². The van der Waals surface area contributed by atoms with Crippen molar-refractivity contribution < 1.29 is 44.7 Å². The zero-order valence-electron chi connectivity index (χ0n) is 32.4. The molecule has 60 heavy (non-hydrogen) atoms. The van der Waals surface area contributed by atoms with E-state index >= 15 is 0 Å². The molecule has 0 bridgehead atoms. The summed E-state index contributed by atoms with van der Waals surface area (Å²) in [6.07, 6.45) is 11.7. The number of fused-ring (bicyclic) bond motifs is 1. The fourth-order valence-corrected chi connectivity index (χ4v) is 4.96. The number of anilines is 1. The number of terminal acetylenes is 2. The monoisotopic (exact) mass is 816 g/mol. The molecular formula is C44H52N10O6. The van der Waals surface area contributed by atoms with Crippen LogP contribution in [0.4, 0.5) is 5.95 Å². The van der Waals surface area contributed by atoms with E-state index < -0.39 is 5.02 Å². The fourth-order valence-electron chi connectivity index (χ4n) is 4.96. The number of aromatic amines is 1. The number of aryl methyl sites for hydroxylation is 4. The van der Waals surface area contributed by atoms with Crippen LogP contribution in [0.3, 0.4) is 0 Å². The van der Waals surface area contributed by atoms with E-state index in [2.05, 4.69) is 178 Å². The summed E-state index contributed by atoms with van der Waals surface area (Å²) in [5.41, 5.74) is 7.50. The maximum atomic E-state index is 9.64. The van der Waals surface area contributed by atoms with Gasteiger partial charge in [0.05, 0.1) is 32.7 Å². The summed E-state index contributed by atoms with van der Waals surface area (Å²) >= 11 is 0. The third-order valence-electron chi connectivity index (χ3n) is 7.21. The van der Waals surface area contributed by atoms with E-state index in [0.717, 1.165) is 88.2 Å². The summed E-state index contributed by atoms with van der Waals surface area (Å²) < 4.78 is 16.3. The van der Waals surface area contributed by atoms with Crippen molar-refractivity contribution in [1.29, 1.82) is 0 Å². The Morgan fingerprint density at radius 1 is 0.800 bits per heavy atom. The maximum Gasteiger partial charge on any atom is 0.226 e. The third-order valence-corrected chi connectivity index (χ3v) is 7.21. The predicted octanol–water partition coefficient (Wildman–Crippen LogP) is 7.28. The lowest BCUT2D eigenvalue weighted by Gasteiger charge is -2.22. The minimum absolute atomic E-state index is 0. The van der Waals surface area contributed by atoms with Crippen molar-refractivity contribution in [3.63, 3.8) is 0 Å². The number of nitrogens with zero attached hydrogens (tertiary/aromatic N) is 7. The lowest BCUT2D eigenvalue weighted by Crippen LogP contribution is -2.28. The Labute approximate surface area is 362 Å². The summed E-state index contributed by atoms with van der Waals surface area (Å²) in [6.45, 7) is 9.32. The van der Waals surface area contributed by atoms with E-state index in [0.29, 0.717) is 6.04 Å². The van der Waals surface area contributed by atoms with Crippen molar-refractivity contribution >= 4 is 17.0 Å². The van der Waals surface area contributed by atoms with Gasteiger partial charge in [-0.15, -0.1) is 12.8 Å². The van der Waals surface area contributed by atoms with Gasteiger partial charge in [0.25, 0.3) is 0 Å². The number of ether oxygens (including phenoxy) is 1. The molecule has 4 aromatic rings. The van der Waals surface area contributed by atoms with Gasteiger partial charge >= 0.3 is 0 Å². The van der Waals surface area contributed by atoms with Crippen LogP contribution in [0.25, 0.3) is 33.3 Å². The van der Waals surface area contributed by atoms with Crippen LogP contribution >= 0.6 is 0 Å². The Morgan fingerprint density at radius 3 is 1.68 bits per heavy atom. The number of H-pyrrole nitrogens is 1. The van der Waals surface area contributed by atoms with Gasteiger partial charge in [0.1, 0.15) is 11.5 Å². The number of hydrogen-bond donors (Lipinski definition) is 4. The second kappa shape index (κ2) is 25.6. The molecular weight excluding hydrogens is 765 g/mol. The highest BCUT2D eigenvalue weighted by atomic mass is 17.2. The highest BCUT2D eigenvalue weighted by Gasteiger charge is 2.22. The highest BCUT2D eigenvalue weighted by Crippen LogP contribution is 2.38. The van der Waals surface area contributed by atoms with E-state index in [-0.39, 0.29) is 15.7 Å². The number of imidazole rings is 1. The standard InChI is InChI=1S/C22H25N5O3.C22H2.H3N5O3.11H2/c1-11-19(13(3)29-26-11)15-9-17(20-12(2)27-30-14(20)4)21-18(10-15)24-22(25-21)23-16-5-7-28-8-6-16;1-3-5-7-9-11-13-15-17-19-21-22-20-18-16-14-12-10-8-6-4-2;1-2-3-4-5(6)8-7;;;;;;;;;;;/h9-10,16H,5-8H2,1-4H3,(H2,23,24,25);1-2H;7H,(H2,1,3);11*1H. The molecule has 0 atom stereocenters. The summed E-state index contributed by atoms with van der Waals surface area (Å²) in [4.78, 5) is 11.3. The van der Waals surface area contributed by atoms with E-state index in [4.69, 9.17) is 36.9 Å². The van der Waals surface area contributed by atoms with Gasteiger partial charge in [0.15, 0.2) is 0 Å². The lowest BCUT2D eigenvalue weighted by molar-refractivity contribution is -0.873. The van der Waals surface area contributed by atoms with Crippen molar-refractivity contribution in [2.45, 2.75) is 46.6 Å². The SMILES string of the molecule is C#CC#CC#CC#CC#CC#CC#CC#CC#CC#CC#C.Cc1noc(C)c1-c1cc(-c2c(C)noc2C)c2nc(NC3CCOCC3)[nH]c2c1.NN=NN=[N+]([O-])OO.[HH].[HH].[HH].[HH].[HH].[HH].[HH].[HH].[HH].[HH].[HH]. The highest BCUT2D eigenvalue weighted by molar-refractivity contribution is 5.98. The summed E-state index contributed by atoms with van der Waals surface area (Å²) in [6, 6.07) is 4.58. The van der Waals surface area contributed by atoms with Crippen molar-refractivity contribution in [1.82, 2.24) is 20.3 Å². The fraction of sp³-hybridized carbons (Fsp3) is 0.205. The largest absolute Gasteiger partial charge is 0.381 e. The summed E-state index contributed by atoms with van der Waals surface area (Å²) in [5, 5.41) is 36.0. The van der Waals surface area contributed by atoms with Gasteiger partial charge < -0.3 is 34.3 Å². The molecule has 5 N–H and O–H groups in total. The Kier molecular flexibility index (Phi) is 19.2. The molecule has 3 aromatic heterocycles.